The van der Waals surface area contributed by atoms with Crippen LogP contribution in [0.3, 0.4) is 0 Å². The largest absolute Gasteiger partial charge is 0.683 e. The van der Waals surface area contributed by atoms with Crippen molar-refractivity contribution < 1.29 is 36.1 Å². The average Bonchev–Trinajstić information content (AvgIpc) is 3.37. The van der Waals surface area contributed by atoms with E-state index in [1.807, 2.05) is 109 Å². The fourth-order valence-corrected chi connectivity index (χ4v) is 4.77. The van der Waals surface area contributed by atoms with Crippen molar-refractivity contribution >= 4 is 11.4 Å². The molecule has 3 aliphatic rings. The smallest absolute Gasteiger partial charge is 0.170 e. The summed E-state index contributed by atoms with van der Waals surface area (Å²) in [7, 11) is 0. The summed E-state index contributed by atoms with van der Waals surface area (Å²) in [6.45, 7) is 3.18. The van der Waals surface area contributed by atoms with Gasteiger partial charge in [0.2, 0.25) is 0 Å². The van der Waals surface area contributed by atoms with Crippen LogP contribution >= 0.6 is 0 Å². The van der Waals surface area contributed by atoms with Gasteiger partial charge < -0.3 is 20.8 Å². The summed E-state index contributed by atoms with van der Waals surface area (Å²) in [5, 5.41) is 29.5. The number of nitrogens with zero attached hydrogens (tertiary/aromatic N) is 4. The fourth-order valence-electron chi connectivity index (χ4n) is 4.77. The first-order valence-electron chi connectivity index (χ1n) is 15.2. The molecule has 228 valence electrons. The zero-order valence-corrected chi connectivity index (χ0v) is 28.9. The van der Waals surface area contributed by atoms with Gasteiger partial charge in [0.15, 0.2) is 5.79 Å². The molecule has 7 heteroatoms. The molecular weight excluding hydrogens is 711 g/mol. The van der Waals surface area contributed by atoms with Gasteiger partial charge >= 0.3 is 0 Å². The van der Waals surface area contributed by atoms with Crippen LogP contribution in [0.15, 0.2) is 143 Å². The van der Waals surface area contributed by atoms with Gasteiger partial charge in [-0.15, -0.1) is 24.5 Å². The molecule has 2 aliphatic carbocycles. The van der Waals surface area contributed by atoms with Gasteiger partial charge in [-0.05, 0) is 36.1 Å². The quantitative estimate of drug-likeness (QED) is 0.253. The first kappa shape index (κ1) is 35.1. The van der Waals surface area contributed by atoms with E-state index in [0.717, 1.165) is 85.8 Å². The summed E-state index contributed by atoms with van der Waals surface area (Å²) in [5.41, 5.74) is 5.77. The Labute approximate surface area is 281 Å². The molecule has 2 aromatic rings. The van der Waals surface area contributed by atoms with Gasteiger partial charge in [-0.2, -0.15) is 0 Å². The zero-order valence-electron chi connectivity index (χ0n) is 25.3. The Morgan fingerprint density at radius 2 is 1.05 bits per heavy atom. The van der Waals surface area contributed by atoms with E-state index in [1.54, 1.807) is 0 Å². The number of rotatable bonds is 4. The van der Waals surface area contributed by atoms with Crippen molar-refractivity contribution in [3.8, 4) is 0 Å². The molecule has 0 radical (unpaired) electrons. The second-order valence-electron chi connectivity index (χ2n) is 10.6. The molecule has 0 fully saturated rings. The summed E-state index contributed by atoms with van der Waals surface area (Å²) in [6.07, 6.45) is 25.0. The zero-order chi connectivity index (χ0) is 30.0. The van der Waals surface area contributed by atoms with Gasteiger partial charge in [0.05, 0.1) is 0 Å². The Morgan fingerprint density at radius 1 is 0.568 bits per heavy atom. The van der Waals surface area contributed by atoms with E-state index in [0.29, 0.717) is 0 Å². The average molecular weight is 753 g/mol. The molecule has 2 N–H and O–H groups in total. The third-order valence-corrected chi connectivity index (χ3v) is 6.91. The maximum absolute atomic E-state index is 9.98. The Kier molecular flexibility index (Phi) is 15.8. The number of hydrogen-bond donors (Lipinski definition) is 2. The molecule has 0 unspecified atom stereocenters. The van der Waals surface area contributed by atoms with Crippen LogP contribution in [0.1, 0.15) is 36.8 Å². The normalized spacial score (nSPS) is 17.1. The maximum atomic E-state index is 9.98. The predicted octanol–water partition coefficient (Wildman–Crippen LogP) is 7.36. The molecule has 5 rings (SSSR count). The van der Waals surface area contributed by atoms with E-state index >= 15 is 0 Å². The van der Waals surface area contributed by atoms with Crippen LogP contribution in [-0.4, -0.2) is 53.6 Å². The van der Waals surface area contributed by atoms with Crippen molar-refractivity contribution in [2.24, 2.45) is 9.98 Å². The van der Waals surface area contributed by atoms with Gasteiger partial charge in [-0.25, -0.2) is 0 Å². The van der Waals surface area contributed by atoms with E-state index in [4.69, 9.17) is 20.6 Å². The van der Waals surface area contributed by atoms with E-state index in [1.165, 1.54) is 0 Å². The summed E-state index contributed by atoms with van der Waals surface area (Å²) in [5.74, 6) is -1.69. The molecule has 6 nitrogen and oxygen atoms in total. The molecule has 1 heterocycles. The summed E-state index contributed by atoms with van der Waals surface area (Å²) >= 11 is 0. The third kappa shape index (κ3) is 13.1. The Bertz CT molecular complexity index is 1340. The van der Waals surface area contributed by atoms with Gasteiger partial charge in [0, 0.05) is 63.2 Å². The molecule has 1 aliphatic heterocycles. The molecule has 0 bridgehead atoms. The molecule has 0 saturated carbocycles. The van der Waals surface area contributed by atoms with E-state index in [-0.39, 0.29) is 38.7 Å². The van der Waals surface area contributed by atoms with Crippen LogP contribution in [0.25, 0.3) is 10.6 Å². The SMILES string of the molecule is C1=CC=C2[N-]CCCCCN=C3C=CC=CC=C3[N-]CCCN=C2C=C1.OC(O)(Cc1ccccc1)Cc1ccccc1.[Hf]. The van der Waals surface area contributed by atoms with Crippen LogP contribution < -0.4 is 0 Å². The number of aliphatic hydroxyl groups is 2. The minimum atomic E-state index is -1.69. The Morgan fingerprint density at radius 3 is 1.57 bits per heavy atom. The second kappa shape index (κ2) is 19.8. The second-order valence-corrected chi connectivity index (χ2v) is 10.6. The fraction of sp³-hybridized carbons (Fsp3) is 0.297. The summed E-state index contributed by atoms with van der Waals surface area (Å²) in [6, 6.07) is 19.0. The molecule has 0 amide bonds. The van der Waals surface area contributed by atoms with E-state index in [2.05, 4.69) is 12.2 Å². The van der Waals surface area contributed by atoms with Gasteiger partial charge in [-0.3, -0.25) is 9.98 Å². The topological polar surface area (TPSA) is 93.4 Å². The van der Waals surface area contributed by atoms with Gasteiger partial charge in [0.25, 0.3) is 0 Å². The third-order valence-electron chi connectivity index (χ3n) is 6.91. The maximum Gasteiger partial charge on any atom is 0.170 e. The molecule has 0 spiro atoms. The summed E-state index contributed by atoms with van der Waals surface area (Å²) < 4.78 is 0. The number of aliphatic imine (C=N–C) groups is 2. The van der Waals surface area contributed by atoms with Crippen LogP contribution in [0.2, 0.25) is 0 Å². The molecular formula is C37H42HfN4O2-2. The van der Waals surface area contributed by atoms with Gasteiger partial charge in [0.1, 0.15) is 0 Å². The van der Waals surface area contributed by atoms with Crippen molar-refractivity contribution in [3.63, 3.8) is 0 Å². The Hall–Kier alpha value is -3.39. The molecule has 2 aromatic carbocycles. The number of fused-ring (bicyclic) bond motifs is 2. The minimum absolute atomic E-state index is 0. The standard InChI is InChI=1S/C22H26N4.C15H16O2.Hf/c1-4-11-19-21(13-6-1)25-17-10-18-26-22-14-7-2-5-12-20(22)24-16-9-3-8-15-23-19;16-15(17,11-13-7-3-1-4-8-13)12-14-9-5-2-6-10-14;/h1-2,4-7,11-14H,3,8-10,15-18H2;1-10,16-17H,11-12H2;/q-2;;. The van der Waals surface area contributed by atoms with Crippen molar-refractivity contribution in [2.45, 2.75) is 44.3 Å². The predicted molar refractivity (Wildman–Crippen MR) is 180 cm³/mol. The van der Waals surface area contributed by atoms with E-state index < -0.39 is 5.79 Å². The monoisotopic (exact) mass is 754 g/mol. The Balaban J connectivity index is 0.000000256. The van der Waals surface area contributed by atoms with Crippen LogP contribution in [0.5, 0.6) is 0 Å². The van der Waals surface area contributed by atoms with Crippen LogP contribution in [0, 0.1) is 0 Å². The van der Waals surface area contributed by atoms with Gasteiger partial charge in [-0.1, -0.05) is 122 Å². The number of hydrogen-bond acceptors (Lipinski definition) is 4. The minimum Gasteiger partial charge on any atom is -0.683 e. The molecule has 0 aromatic heterocycles. The summed E-state index contributed by atoms with van der Waals surface area (Å²) in [4.78, 5) is 9.50. The van der Waals surface area contributed by atoms with Crippen LogP contribution in [-0.2, 0) is 38.7 Å². The van der Waals surface area contributed by atoms with Crippen molar-refractivity contribution in [2.75, 3.05) is 26.2 Å². The number of benzene rings is 2. The first-order chi connectivity index (χ1) is 21.1. The molecule has 0 saturated heterocycles. The van der Waals surface area contributed by atoms with Crippen molar-refractivity contribution in [1.82, 2.24) is 0 Å². The molecule has 0 atom stereocenters. The molecule has 44 heavy (non-hydrogen) atoms. The van der Waals surface area contributed by atoms with E-state index in [9.17, 15) is 10.2 Å². The van der Waals surface area contributed by atoms with Crippen molar-refractivity contribution in [1.29, 1.82) is 0 Å². The first-order valence-corrected chi connectivity index (χ1v) is 15.2. The van der Waals surface area contributed by atoms with Crippen LogP contribution in [0.4, 0.5) is 0 Å². The number of allylic oxidation sites excluding steroid dienone is 10. The van der Waals surface area contributed by atoms with Crippen molar-refractivity contribution in [3.05, 3.63) is 155 Å².